The van der Waals surface area contributed by atoms with Crippen LogP contribution in [0.25, 0.3) is 11.0 Å². The first kappa shape index (κ1) is 9.48. The molecule has 2 aromatic rings. The molecular weight excluding hydrogens is 200 g/mol. The molecule has 1 aromatic heterocycles. The number of fused-ring (bicyclic) bond motifs is 1. The highest BCUT2D eigenvalue weighted by atomic mass is 32.2. The van der Waals surface area contributed by atoms with Gasteiger partial charge in [-0.2, -0.15) is 11.8 Å². The Morgan fingerprint density at radius 3 is 3.00 bits per heavy atom. The van der Waals surface area contributed by atoms with Gasteiger partial charge < -0.3 is 5.11 Å². The van der Waals surface area contributed by atoms with Crippen molar-refractivity contribution in [1.29, 1.82) is 0 Å². The molecule has 0 radical (unpaired) electrons. The van der Waals surface area contributed by atoms with E-state index in [-0.39, 0.29) is 6.61 Å². The van der Waals surface area contributed by atoms with Crippen LogP contribution in [0.3, 0.4) is 0 Å². The van der Waals surface area contributed by atoms with Gasteiger partial charge in [-0.15, -0.1) is 0 Å². The molecule has 0 aliphatic heterocycles. The number of rotatable bonds is 4. The van der Waals surface area contributed by atoms with E-state index in [9.17, 15) is 0 Å². The Morgan fingerprint density at radius 2 is 2.14 bits per heavy atom. The molecule has 0 aliphatic carbocycles. The smallest absolute Gasteiger partial charge is 0.135 e. The van der Waals surface area contributed by atoms with E-state index in [0.717, 1.165) is 22.5 Å². The highest BCUT2D eigenvalue weighted by molar-refractivity contribution is 7.98. The van der Waals surface area contributed by atoms with Crippen LogP contribution in [0, 0.1) is 0 Å². The molecule has 0 bridgehead atoms. The van der Waals surface area contributed by atoms with Crippen LogP contribution in [0.15, 0.2) is 22.8 Å². The molecule has 0 fully saturated rings. The molecule has 0 saturated heterocycles. The molecule has 4 nitrogen and oxygen atoms in total. The highest BCUT2D eigenvalue weighted by Gasteiger charge is 2.01. The molecular formula is C9H10N2O2S. The first-order chi connectivity index (χ1) is 6.90. The average Bonchev–Trinajstić information content (AvgIpc) is 2.65. The predicted molar refractivity (Wildman–Crippen MR) is 55.1 cm³/mol. The molecule has 74 valence electrons. The number of benzene rings is 1. The molecule has 1 heterocycles. The van der Waals surface area contributed by atoms with Gasteiger partial charge in [0.2, 0.25) is 0 Å². The summed E-state index contributed by atoms with van der Waals surface area (Å²) in [5.74, 6) is 1.64. The minimum absolute atomic E-state index is 0.221. The fourth-order valence-electron chi connectivity index (χ4n) is 1.17. The van der Waals surface area contributed by atoms with Crippen LogP contribution in [0.5, 0.6) is 0 Å². The molecule has 0 saturated carbocycles. The molecule has 14 heavy (non-hydrogen) atoms. The van der Waals surface area contributed by atoms with Crippen molar-refractivity contribution in [2.75, 3.05) is 12.4 Å². The topological polar surface area (TPSA) is 59.2 Å². The maximum Gasteiger partial charge on any atom is 0.135 e. The fraction of sp³-hybridized carbons (Fsp3) is 0.333. The maximum atomic E-state index is 8.62. The molecule has 1 aromatic carbocycles. The maximum absolute atomic E-state index is 8.62. The monoisotopic (exact) mass is 210 g/mol. The Bertz CT molecular complexity index is 416. The van der Waals surface area contributed by atoms with Gasteiger partial charge in [0.1, 0.15) is 11.0 Å². The number of aromatic nitrogens is 2. The lowest BCUT2D eigenvalue weighted by atomic mass is 10.2. The Balaban J connectivity index is 2.10. The third kappa shape index (κ3) is 2.05. The SMILES string of the molecule is OCCSCc1ccc2nonc2c1. The molecule has 0 atom stereocenters. The molecule has 5 heteroatoms. The summed E-state index contributed by atoms with van der Waals surface area (Å²) in [5, 5.41) is 16.1. The molecule has 0 aliphatic rings. The lowest BCUT2D eigenvalue weighted by molar-refractivity contribution is 0.315. The third-order valence-corrected chi connectivity index (χ3v) is 2.83. The van der Waals surface area contributed by atoms with Gasteiger partial charge >= 0.3 is 0 Å². The van der Waals surface area contributed by atoms with Crippen molar-refractivity contribution in [1.82, 2.24) is 10.3 Å². The predicted octanol–water partition coefficient (Wildman–Crippen LogP) is 1.45. The van der Waals surface area contributed by atoms with Crippen molar-refractivity contribution in [2.24, 2.45) is 0 Å². The van der Waals surface area contributed by atoms with Gasteiger partial charge in [0.05, 0.1) is 6.61 Å². The van der Waals surface area contributed by atoms with E-state index in [4.69, 9.17) is 5.11 Å². The van der Waals surface area contributed by atoms with E-state index < -0.39 is 0 Å². The normalized spacial score (nSPS) is 10.9. The summed E-state index contributed by atoms with van der Waals surface area (Å²) < 4.78 is 4.60. The molecule has 0 amide bonds. The van der Waals surface area contributed by atoms with Crippen LogP contribution < -0.4 is 0 Å². The highest BCUT2D eigenvalue weighted by Crippen LogP contribution is 2.16. The summed E-state index contributed by atoms with van der Waals surface area (Å²) in [4.78, 5) is 0. The van der Waals surface area contributed by atoms with E-state index in [1.54, 1.807) is 11.8 Å². The number of aliphatic hydroxyl groups is 1. The second kappa shape index (κ2) is 4.43. The van der Waals surface area contributed by atoms with Gasteiger partial charge in [-0.1, -0.05) is 6.07 Å². The Kier molecular flexibility index (Phi) is 3.00. The zero-order chi connectivity index (χ0) is 9.80. The lowest BCUT2D eigenvalue weighted by Gasteiger charge is -1.98. The number of hydrogen-bond donors (Lipinski definition) is 1. The minimum atomic E-state index is 0.221. The van der Waals surface area contributed by atoms with Gasteiger partial charge in [0.15, 0.2) is 0 Å². The van der Waals surface area contributed by atoms with Gasteiger partial charge in [0, 0.05) is 11.5 Å². The van der Waals surface area contributed by atoms with Gasteiger partial charge in [-0.3, -0.25) is 0 Å². The Labute approximate surface area is 85.3 Å². The van der Waals surface area contributed by atoms with Crippen molar-refractivity contribution < 1.29 is 9.74 Å². The summed E-state index contributed by atoms with van der Waals surface area (Å²) in [5.41, 5.74) is 2.74. The van der Waals surface area contributed by atoms with E-state index >= 15 is 0 Å². The second-order valence-corrected chi connectivity index (χ2v) is 3.97. The molecule has 1 N–H and O–H groups in total. The van der Waals surface area contributed by atoms with Crippen LogP contribution in [0.2, 0.25) is 0 Å². The van der Waals surface area contributed by atoms with Crippen molar-refractivity contribution in [3.63, 3.8) is 0 Å². The van der Waals surface area contributed by atoms with Crippen LogP contribution in [-0.4, -0.2) is 27.8 Å². The van der Waals surface area contributed by atoms with Crippen LogP contribution in [-0.2, 0) is 5.75 Å². The largest absolute Gasteiger partial charge is 0.396 e. The fourth-order valence-corrected chi connectivity index (χ4v) is 1.86. The van der Waals surface area contributed by atoms with Crippen molar-refractivity contribution in [3.05, 3.63) is 23.8 Å². The Morgan fingerprint density at radius 1 is 1.29 bits per heavy atom. The van der Waals surface area contributed by atoms with Crippen molar-refractivity contribution in [3.8, 4) is 0 Å². The van der Waals surface area contributed by atoms with E-state index in [1.807, 2.05) is 18.2 Å². The summed E-state index contributed by atoms with van der Waals surface area (Å²) in [6, 6.07) is 5.84. The number of nitrogens with zero attached hydrogens (tertiary/aromatic N) is 2. The second-order valence-electron chi connectivity index (χ2n) is 2.86. The third-order valence-electron chi connectivity index (χ3n) is 1.82. The summed E-state index contributed by atoms with van der Waals surface area (Å²) in [6.45, 7) is 0.221. The van der Waals surface area contributed by atoms with Crippen LogP contribution in [0.1, 0.15) is 5.56 Å². The standard InChI is InChI=1S/C9H10N2O2S/c12-3-4-14-6-7-1-2-8-9(5-7)11-13-10-8/h1-2,5,12H,3-4,6H2. The van der Waals surface area contributed by atoms with Crippen molar-refractivity contribution >= 4 is 22.8 Å². The van der Waals surface area contributed by atoms with Crippen LogP contribution >= 0.6 is 11.8 Å². The molecule has 0 unspecified atom stereocenters. The quantitative estimate of drug-likeness (QED) is 0.774. The summed E-state index contributed by atoms with van der Waals surface area (Å²) in [6.07, 6.45) is 0. The molecule has 0 spiro atoms. The van der Waals surface area contributed by atoms with Crippen molar-refractivity contribution in [2.45, 2.75) is 5.75 Å². The lowest BCUT2D eigenvalue weighted by Crippen LogP contribution is -1.87. The van der Waals surface area contributed by atoms with Gasteiger partial charge in [-0.05, 0) is 28.0 Å². The number of hydrogen-bond acceptors (Lipinski definition) is 5. The number of aliphatic hydroxyl groups excluding tert-OH is 1. The van der Waals surface area contributed by atoms with E-state index in [1.165, 1.54) is 5.56 Å². The Hall–Kier alpha value is -1.07. The van der Waals surface area contributed by atoms with Gasteiger partial charge in [0.25, 0.3) is 0 Å². The van der Waals surface area contributed by atoms with Crippen LogP contribution in [0.4, 0.5) is 0 Å². The van der Waals surface area contributed by atoms with Gasteiger partial charge in [-0.25, -0.2) is 4.63 Å². The number of thioether (sulfide) groups is 1. The first-order valence-corrected chi connectivity index (χ1v) is 5.45. The zero-order valence-electron chi connectivity index (χ0n) is 7.51. The zero-order valence-corrected chi connectivity index (χ0v) is 8.33. The summed E-state index contributed by atoms with van der Waals surface area (Å²) in [7, 11) is 0. The van der Waals surface area contributed by atoms with E-state index in [2.05, 4.69) is 14.9 Å². The minimum Gasteiger partial charge on any atom is -0.396 e. The molecule has 2 rings (SSSR count). The first-order valence-electron chi connectivity index (χ1n) is 4.30. The average molecular weight is 210 g/mol. The van der Waals surface area contributed by atoms with E-state index in [0.29, 0.717) is 0 Å². The summed E-state index contributed by atoms with van der Waals surface area (Å²) >= 11 is 1.69.